The third kappa shape index (κ3) is 1.56. The molecule has 0 saturated heterocycles. The Hall–Kier alpha value is -1.92. The molecule has 1 aromatic heterocycles. The van der Waals surface area contributed by atoms with Gasteiger partial charge < -0.3 is 15.9 Å². The fraction of sp³-hybridized carbons (Fsp3) is 0.143. The molecular weight excluding hydrogens is 198 g/mol. The number of carboxylic acid groups (broad SMARTS) is 1. The maximum Gasteiger partial charge on any atom is 0.356 e. The minimum Gasteiger partial charge on any atom is -0.506 e. The summed E-state index contributed by atoms with van der Waals surface area (Å²) in [6, 6.07) is 0. The van der Waals surface area contributed by atoms with Crippen molar-refractivity contribution in [2.75, 3.05) is 5.73 Å². The largest absolute Gasteiger partial charge is 0.506 e. The van der Waals surface area contributed by atoms with Crippen molar-refractivity contribution in [2.24, 2.45) is 0 Å². The average Bonchev–Trinajstić information content (AvgIpc) is 2.02. The highest BCUT2D eigenvalue weighted by Crippen LogP contribution is 2.33. The van der Waals surface area contributed by atoms with Gasteiger partial charge in [-0.1, -0.05) is 0 Å². The Morgan fingerprint density at radius 2 is 2.14 bits per heavy atom. The Morgan fingerprint density at radius 1 is 1.57 bits per heavy atom. The van der Waals surface area contributed by atoms with Crippen LogP contribution in [0.1, 0.15) is 22.5 Å². The highest BCUT2D eigenvalue weighted by Gasteiger charge is 2.22. The maximum atomic E-state index is 12.3. The number of hydrogen-bond donors (Lipinski definition) is 3. The fourth-order valence-electron chi connectivity index (χ4n) is 0.930. The number of aromatic nitrogens is 1. The summed E-state index contributed by atoms with van der Waals surface area (Å²) in [5.41, 5.74) is 2.79. The molecule has 4 N–H and O–H groups in total. The summed E-state index contributed by atoms with van der Waals surface area (Å²) in [5.74, 6) is -2.34. The molecule has 1 aromatic rings. The van der Waals surface area contributed by atoms with Crippen LogP contribution in [0.5, 0.6) is 5.75 Å². The molecule has 0 aliphatic heterocycles. The quantitative estimate of drug-likeness (QED) is 0.667. The van der Waals surface area contributed by atoms with E-state index in [1.165, 1.54) is 0 Å². The first-order chi connectivity index (χ1) is 6.45. The minimum absolute atomic E-state index is 0.626. The molecule has 0 radical (unpaired) electrons. The van der Waals surface area contributed by atoms with Crippen molar-refractivity contribution < 1.29 is 23.8 Å². The lowest BCUT2D eigenvalue weighted by molar-refractivity contribution is 0.0691. The Balaban J connectivity index is 3.41. The Bertz CT molecular complexity index is 381. The molecule has 0 atom stereocenters. The summed E-state index contributed by atoms with van der Waals surface area (Å²) >= 11 is 0. The molecular formula is C7H6F2N2O3. The van der Waals surface area contributed by atoms with Gasteiger partial charge >= 0.3 is 5.97 Å². The van der Waals surface area contributed by atoms with Gasteiger partial charge in [-0.05, 0) is 0 Å². The van der Waals surface area contributed by atoms with E-state index < -0.39 is 35.1 Å². The van der Waals surface area contributed by atoms with Crippen molar-refractivity contribution in [3.05, 3.63) is 17.5 Å². The molecule has 0 aliphatic carbocycles. The van der Waals surface area contributed by atoms with E-state index >= 15 is 0 Å². The second-order valence-electron chi connectivity index (χ2n) is 2.43. The zero-order chi connectivity index (χ0) is 10.9. The summed E-state index contributed by atoms with van der Waals surface area (Å²) in [6.07, 6.45) is -2.42. The van der Waals surface area contributed by atoms with Crippen LogP contribution in [-0.4, -0.2) is 21.2 Å². The van der Waals surface area contributed by atoms with Crippen LogP contribution in [0.2, 0.25) is 0 Å². The number of aromatic hydroxyl groups is 1. The van der Waals surface area contributed by atoms with Crippen LogP contribution >= 0.6 is 0 Å². The molecule has 7 heteroatoms. The standard InChI is InChI=1S/C7H6F2N2O3/c8-6(9)3-2(12)1-11-5(4(3)10)7(13)14/h1,6,12H,10H2,(H,13,14). The predicted molar refractivity (Wildman–Crippen MR) is 42.2 cm³/mol. The van der Waals surface area contributed by atoms with Gasteiger partial charge in [0.2, 0.25) is 0 Å². The molecule has 0 unspecified atom stereocenters. The molecule has 1 heterocycles. The molecule has 0 bridgehead atoms. The van der Waals surface area contributed by atoms with E-state index in [2.05, 4.69) is 4.98 Å². The van der Waals surface area contributed by atoms with Crippen LogP contribution in [0.15, 0.2) is 6.20 Å². The zero-order valence-electron chi connectivity index (χ0n) is 6.74. The molecule has 0 spiro atoms. The molecule has 0 aliphatic rings. The van der Waals surface area contributed by atoms with Crippen LogP contribution in [0.4, 0.5) is 14.5 Å². The minimum atomic E-state index is -3.05. The lowest BCUT2D eigenvalue weighted by atomic mass is 10.1. The van der Waals surface area contributed by atoms with E-state index in [0.717, 1.165) is 0 Å². The highest BCUT2D eigenvalue weighted by atomic mass is 19.3. The van der Waals surface area contributed by atoms with E-state index in [-0.39, 0.29) is 0 Å². The highest BCUT2D eigenvalue weighted by molar-refractivity contribution is 5.92. The fourth-order valence-corrected chi connectivity index (χ4v) is 0.930. The summed E-state index contributed by atoms with van der Waals surface area (Å²) in [4.78, 5) is 13.7. The van der Waals surface area contributed by atoms with E-state index in [0.29, 0.717) is 6.20 Å². The predicted octanol–water partition coefficient (Wildman–Crippen LogP) is 1.01. The maximum absolute atomic E-state index is 12.3. The Labute approximate surface area is 76.8 Å². The summed E-state index contributed by atoms with van der Waals surface area (Å²) in [7, 11) is 0. The van der Waals surface area contributed by atoms with Gasteiger partial charge in [0, 0.05) is 0 Å². The van der Waals surface area contributed by atoms with Gasteiger partial charge in [-0.3, -0.25) is 0 Å². The molecule has 14 heavy (non-hydrogen) atoms. The summed E-state index contributed by atoms with van der Waals surface area (Å²) in [6.45, 7) is 0. The number of carbonyl (C=O) groups is 1. The SMILES string of the molecule is Nc1c(C(=O)O)ncc(O)c1C(F)F. The molecule has 0 amide bonds. The van der Waals surface area contributed by atoms with E-state index in [1.54, 1.807) is 0 Å². The van der Waals surface area contributed by atoms with Crippen molar-refractivity contribution in [3.8, 4) is 5.75 Å². The molecule has 1 rings (SSSR count). The number of alkyl halides is 2. The number of nitrogens with zero attached hydrogens (tertiary/aromatic N) is 1. The first-order valence-electron chi connectivity index (χ1n) is 3.44. The lowest BCUT2D eigenvalue weighted by Crippen LogP contribution is -2.08. The topological polar surface area (TPSA) is 96.4 Å². The van der Waals surface area contributed by atoms with Crippen molar-refractivity contribution >= 4 is 11.7 Å². The molecule has 5 nitrogen and oxygen atoms in total. The smallest absolute Gasteiger partial charge is 0.356 e. The number of nitrogen functional groups attached to an aromatic ring is 1. The van der Waals surface area contributed by atoms with Crippen LogP contribution in [0, 0.1) is 0 Å². The van der Waals surface area contributed by atoms with Crippen LogP contribution < -0.4 is 5.73 Å². The number of aromatic carboxylic acids is 1. The Morgan fingerprint density at radius 3 is 2.57 bits per heavy atom. The normalized spacial score (nSPS) is 10.5. The van der Waals surface area contributed by atoms with Gasteiger partial charge in [0.25, 0.3) is 6.43 Å². The number of nitrogens with two attached hydrogens (primary N) is 1. The first kappa shape index (κ1) is 10.2. The van der Waals surface area contributed by atoms with Gasteiger partial charge in [-0.15, -0.1) is 0 Å². The number of rotatable bonds is 2. The monoisotopic (exact) mass is 204 g/mol. The van der Waals surface area contributed by atoms with Crippen molar-refractivity contribution in [1.82, 2.24) is 4.98 Å². The number of halogens is 2. The molecule has 0 fully saturated rings. The third-order valence-electron chi connectivity index (χ3n) is 1.56. The number of pyridine rings is 1. The second kappa shape index (κ2) is 3.44. The average molecular weight is 204 g/mol. The van der Waals surface area contributed by atoms with Crippen molar-refractivity contribution in [3.63, 3.8) is 0 Å². The van der Waals surface area contributed by atoms with E-state index in [4.69, 9.17) is 15.9 Å². The van der Waals surface area contributed by atoms with Gasteiger partial charge in [-0.2, -0.15) is 0 Å². The van der Waals surface area contributed by atoms with Gasteiger partial charge in [0.05, 0.1) is 17.4 Å². The van der Waals surface area contributed by atoms with E-state index in [1.807, 2.05) is 0 Å². The van der Waals surface area contributed by atoms with Gasteiger partial charge in [0.15, 0.2) is 5.69 Å². The van der Waals surface area contributed by atoms with Crippen LogP contribution in [0.3, 0.4) is 0 Å². The zero-order valence-corrected chi connectivity index (χ0v) is 6.74. The van der Waals surface area contributed by atoms with Crippen molar-refractivity contribution in [1.29, 1.82) is 0 Å². The molecule has 76 valence electrons. The van der Waals surface area contributed by atoms with Gasteiger partial charge in [-0.25, -0.2) is 18.6 Å². The van der Waals surface area contributed by atoms with Gasteiger partial charge in [0.1, 0.15) is 5.75 Å². The van der Waals surface area contributed by atoms with Crippen LogP contribution in [0.25, 0.3) is 0 Å². The number of carboxylic acids is 1. The molecule has 0 saturated carbocycles. The lowest BCUT2D eigenvalue weighted by Gasteiger charge is -2.08. The third-order valence-corrected chi connectivity index (χ3v) is 1.56. The summed E-state index contributed by atoms with van der Waals surface area (Å²) in [5, 5.41) is 17.4. The molecule has 0 aromatic carbocycles. The Kier molecular flexibility index (Phi) is 2.50. The van der Waals surface area contributed by atoms with E-state index in [9.17, 15) is 13.6 Å². The first-order valence-corrected chi connectivity index (χ1v) is 3.44. The summed E-state index contributed by atoms with van der Waals surface area (Å²) < 4.78 is 24.5. The number of anilines is 1. The van der Waals surface area contributed by atoms with Crippen molar-refractivity contribution in [2.45, 2.75) is 6.43 Å². The number of hydrogen-bond acceptors (Lipinski definition) is 4. The van der Waals surface area contributed by atoms with Crippen LogP contribution in [-0.2, 0) is 0 Å². The second-order valence-corrected chi connectivity index (χ2v) is 2.43.